The zero-order chi connectivity index (χ0) is 19.8. The van der Waals surface area contributed by atoms with Gasteiger partial charge in [-0.2, -0.15) is 0 Å². The van der Waals surface area contributed by atoms with E-state index in [4.69, 9.17) is 4.52 Å². The van der Waals surface area contributed by atoms with Gasteiger partial charge in [0.1, 0.15) is 5.69 Å². The maximum absolute atomic E-state index is 13.3. The van der Waals surface area contributed by atoms with E-state index in [1.165, 1.54) is 19.3 Å². The highest BCUT2D eigenvalue weighted by Crippen LogP contribution is 2.41. The highest BCUT2D eigenvalue weighted by molar-refractivity contribution is 5.94. The molecule has 2 aliphatic heterocycles. The van der Waals surface area contributed by atoms with Gasteiger partial charge in [-0.3, -0.25) is 9.59 Å². The van der Waals surface area contributed by atoms with E-state index >= 15 is 0 Å². The Kier molecular flexibility index (Phi) is 4.64. The van der Waals surface area contributed by atoms with E-state index in [1.807, 2.05) is 30.3 Å². The fourth-order valence-electron chi connectivity index (χ4n) is 5.01. The van der Waals surface area contributed by atoms with E-state index in [2.05, 4.69) is 10.1 Å². The molecule has 1 spiro atoms. The first-order valence-electron chi connectivity index (χ1n) is 10.8. The summed E-state index contributed by atoms with van der Waals surface area (Å²) >= 11 is 0. The molecule has 0 radical (unpaired) electrons. The Hall–Kier alpha value is -2.63. The summed E-state index contributed by atoms with van der Waals surface area (Å²) in [6.07, 6.45) is 6.44. The van der Waals surface area contributed by atoms with Gasteiger partial charge in [0.15, 0.2) is 0 Å². The van der Waals surface area contributed by atoms with Crippen molar-refractivity contribution in [2.24, 2.45) is 11.3 Å². The molecule has 1 atom stereocenters. The average molecular weight is 393 g/mol. The molecule has 2 amide bonds. The second-order valence-corrected chi connectivity index (χ2v) is 8.85. The number of carbonyl (C=O) groups excluding carboxylic acids is 2. The van der Waals surface area contributed by atoms with Crippen LogP contribution in [0.5, 0.6) is 0 Å². The monoisotopic (exact) mass is 393 g/mol. The first-order valence-corrected chi connectivity index (χ1v) is 10.8. The normalized spacial score (nSPS) is 24.9. The molecular weight excluding hydrogens is 366 g/mol. The van der Waals surface area contributed by atoms with Gasteiger partial charge in [-0.1, -0.05) is 41.9 Å². The summed E-state index contributed by atoms with van der Waals surface area (Å²) < 4.78 is 5.36. The van der Waals surface area contributed by atoms with Gasteiger partial charge in [0.2, 0.25) is 11.7 Å². The molecule has 6 heteroatoms. The van der Waals surface area contributed by atoms with Crippen molar-refractivity contribution in [1.82, 2.24) is 15.0 Å². The first kappa shape index (κ1) is 18.4. The number of carbonyl (C=O) groups is 2. The Labute approximate surface area is 170 Å². The summed E-state index contributed by atoms with van der Waals surface area (Å²) in [6.45, 7) is 2.86. The van der Waals surface area contributed by atoms with Crippen molar-refractivity contribution in [3.05, 3.63) is 42.2 Å². The SMILES string of the molecule is O=C(c1cc(-c2ccccc2)no1)N1CCC2(CCCN(CC3CCC3)C2=O)C1. The molecule has 1 unspecified atom stereocenters. The molecule has 152 valence electrons. The van der Waals surface area contributed by atoms with E-state index < -0.39 is 5.41 Å². The Morgan fingerprint density at radius 2 is 1.97 bits per heavy atom. The zero-order valence-electron chi connectivity index (χ0n) is 16.7. The first-order chi connectivity index (χ1) is 14.1. The lowest BCUT2D eigenvalue weighted by Crippen LogP contribution is -2.52. The minimum absolute atomic E-state index is 0.166. The van der Waals surface area contributed by atoms with Crippen LogP contribution in [0.15, 0.2) is 40.9 Å². The molecule has 1 saturated carbocycles. The van der Waals surface area contributed by atoms with Gasteiger partial charge in [-0.25, -0.2) is 0 Å². The minimum atomic E-state index is -0.403. The van der Waals surface area contributed by atoms with E-state index in [9.17, 15) is 9.59 Å². The van der Waals surface area contributed by atoms with Crippen LogP contribution in [0.25, 0.3) is 11.3 Å². The summed E-state index contributed by atoms with van der Waals surface area (Å²) in [7, 11) is 0. The van der Waals surface area contributed by atoms with E-state index in [0.717, 1.165) is 37.9 Å². The molecule has 1 aromatic heterocycles. The third-order valence-corrected chi connectivity index (χ3v) is 6.96. The van der Waals surface area contributed by atoms with Crippen molar-refractivity contribution in [1.29, 1.82) is 0 Å². The highest BCUT2D eigenvalue weighted by Gasteiger charge is 2.50. The summed E-state index contributed by atoms with van der Waals surface area (Å²) in [5.41, 5.74) is 1.17. The molecule has 3 heterocycles. The third-order valence-electron chi connectivity index (χ3n) is 6.96. The van der Waals surface area contributed by atoms with Crippen LogP contribution in [0.4, 0.5) is 0 Å². The number of aromatic nitrogens is 1. The summed E-state index contributed by atoms with van der Waals surface area (Å²) in [6, 6.07) is 11.4. The van der Waals surface area contributed by atoms with E-state index in [-0.39, 0.29) is 17.6 Å². The van der Waals surface area contributed by atoms with Gasteiger partial charge in [0, 0.05) is 37.8 Å². The average Bonchev–Trinajstić information content (AvgIpc) is 3.37. The maximum Gasteiger partial charge on any atom is 0.292 e. The second kappa shape index (κ2) is 7.32. The molecular formula is C23H27N3O3. The van der Waals surface area contributed by atoms with Crippen LogP contribution in [0.2, 0.25) is 0 Å². The molecule has 3 fully saturated rings. The van der Waals surface area contributed by atoms with Crippen LogP contribution in [0, 0.1) is 11.3 Å². The molecule has 2 aromatic rings. The lowest BCUT2D eigenvalue weighted by molar-refractivity contribution is -0.146. The van der Waals surface area contributed by atoms with Gasteiger partial charge < -0.3 is 14.3 Å². The number of likely N-dealkylation sites (tertiary alicyclic amines) is 2. The van der Waals surface area contributed by atoms with Gasteiger partial charge in [0.25, 0.3) is 5.91 Å². The second-order valence-electron chi connectivity index (χ2n) is 8.85. The number of piperidine rings is 1. The molecule has 5 rings (SSSR count). The van der Waals surface area contributed by atoms with Crippen molar-refractivity contribution in [3.63, 3.8) is 0 Å². The Balaban J connectivity index is 1.28. The quantitative estimate of drug-likeness (QED) is 0.796. The molecule has 0 N–H and O–H groups in total. The summed E-state index contributed by atoms with van der Waals surface area (Å²) in [5, 5.41) is 4.06. The molecule has 1 aromatic carbocycles. The molecule has 29 heavy (non-hydrogen) atoms. The molecule has 6 nitrogen and oxygen atoms in total. The predicted octanol–water partition coefficient (Wildman–Crippen LogP) is 3.60. The van der Waals surface area contributed by atoms with Crippen LogP contribution >= 0.6 is 0 Å². The zero-order valence-corrected chi connectivity index (χ0v) is 16.7. The Morgan fingerprint density at radius 1 is 1.14 bits per heavy atom. The van der Waals surface area contributed by atoms with Gasteiger partial charge in [-0.15, -0.1) is 0 Å². The van der Waals surface area contributed by atoms with E-state index in [1.54, 1.807) is 11.0 Å². The van der Waals surface area contributed by atoms with Crippen molar-refractivity contribution < 1.29 is 14.1 Å². The maximum atomic E-state index is 13.3. The van der Waals surface area contributed by atoms with Crippen LogP contribution < -0.4 is 0 Å². The topological polar surface area (TPSA) is 66.7 Å². The van der Waals surface area contributed by atoms with Crippen molar-refractivity contribution in [3.8, 4) is 11.3 Å². The summed E-state index contributed by atoms with van der Waals surface area (Å²) in [5.74, 6) is 1.02. The van der Waals surface area contributed by atoms with Gasteiger partial charge >= 0.3 is 0 Å². The number of benzene rings is 1. The third kappa shape index (κ3) is 3.34. The number of hydrogen-bond donors (Lipinski definition) is 0. The summed E-state index contributed by atoms with van der Waals surface area (Å²) in [4.78, 5) is 30.1. The van der Waals surface area contributed by atoms with Crippen molar-refractivity contribution in [2.75, 3.05) is 26.2 Å². The van der Waals surface area contributed by atoms with Gasteiger partial charge in [-0.05, 0) is 38.0 Å². The fraction of sp³-hybridized carbons (Fsp3) is 0.522. The number of nitrogens with zero attached hydrogens (tertiary/aromatic N) is 3. The largest absolute Gasteiger partial charge is 0.350 e. The number of rotatable bonds is 4. The standard InChI is InChI=1S/C23H27N3O3/c27-21(20-14-19(24-29-20)18-8-2-1-3-9-18)26-13-11-23(16-26)10-5-12-25(22(23)28)15-17-6-4-7-17/h1-3,8-9,14,17H,4-7,10-13,15-16H2. The van der Waals surface area contributed by atoms with Crippen LogP contribution in [0.3, 0.4) is 0 Å². The van der Waals surface area contributed by atoms with Crippen molar-refractivity contribution in [2.45, 2.75) is 38.5 Å². The van der Waals surface area contributed by atoms with Gasteiger partial charge in [0.05, 0.1) is 5.41 Å². The molecule has 1 aliphatic carbocycles. The predicted molar refractivity (Wildman–Crippen MR) is 108 cm³/mol. The smallest absolute Gasteiger partial charge is 0.292 e. The van der Waals surface area contributed by atoms with Crippen LogP contribution in [0.1, 0.15) is 49.1 Å². The Morgan fingerprint density at radius 3 is 2.72 bits per heavy atom. The molecule has 2 saturated heterocycles. The van der Waals surface area contributed by atoms with Crippen LogP contribution in [-0.4, -0.2) is 52.9 Å². The van der Waals surface area contributed by atoms with Crippen LogP contribution in [-0.2, 0) is 4.79 Å². The number of amides is 2. The van der Waals surface area contributed by atoms with E-state index in [0.29, 0.717) is 24.7 Å². The molecule has 0 bridgehead atoms. The highest BCUT2D eigenvalue weighted by atomic mass is 16.5. The lowest BCUT2D eigenvalue weighted by Gasteiger charge is -2.42. The Bertz CT molecular complexity index is 905. The lowest BCUT2D eigenvalue weighted by atomic mass is 9.77. The fourth-order valence-corrected chi connectivity index (χ4v) is 5.01. The minimum Gasteiger partial charge on any atom is -0.350 e. The number of hydrogen-bond acceptors (Lipinski definition) is 4. The molecule has 3 aliphatic rings. The van der Waals surface area contributed by atoms with Crippen molar-refractivity contribution >= 4 is 11.8 Å².